The number of rotatable bonds is 4. The molecule has 140 valence electrons. The van der Waals surface area contributed by atoms with E-state index in [2.05, 4.69) is 10.4 Å². The molecule has 0 radical (unpaired) electrons. The Labute approximate surface area is 161 Å². The number of hydrogen-bond acceptors (Lipinski definition) is 5. The predicted octanol–water partition coefficient (Wildman–Crippen LogP) is 3.03. The van der Waals surface area contributed by atoms with Crippen LogP contribution in [0.1, 0.15) is 40.9 Å². The van der Waals surface area contributed by atoms with Gasteiger partial charge in [0.15, 0.2) is 9.84 Å². The highest BCUT2D eigenvalue weighted by atomic mass is 32.2. The molecule has 0 saturated heterocycles. The summed E-state index contributed by atoms with van der Waals surface area (Å²) in [7, 11) is -3.29. The lowest BCUT2D eigenvalue weighted by atomic mass is 10.0. The van der Waals surface area contributed by atoms with E-state index in [-0.39, 0.29) is 11.9 Å². The number of benzene rings is 1. The first-order chi connectivity index (χ1) is 12.9. The number of fused-ring (bicyclic) bond motifs is 1. The van der Waals surface area contributed by atoms with E-state index in [4.69, 9.17) is 0 Å². The first kappa shape index (κ1) is 17.9. The van der Waals surface area contributed by atoms with Gasteiger partial charge in [-0.2, -0.15) is 5.10 Å². The van der Waals surface area contributed by atoms with Crippen LogP contribution in [0.2, 0.25) is 0 Å². The molecular formula is C19H19N3O3S2. The molecule has 3 heterocycles. The number of aromatic nitrogens is 2. The van der Waals surface area contributed by atoms with Crippen molar-refractivity contribution in [2.75, 3.05) is 0 Å². The molecule has 1 N–H and O–H groups in total. The largest absolute Gasteiger partial charge is 0.345 e. The second kappa shape index (κ2) is 6.94. The van der Waals surface area contributed by atoms with Crippen LogP contribution in [-0.2, 0) is 16.4 Å². The monoisotopic (exact) mass is 401 g/mol. The van der Waals surface area contributed by atoms with E-state index in [1.54, 1.807) is 29.2 Å². The van der Waals surface area contributed by atoms with Gasteiger partial charge in [0.2, 0.25) is 0 Å². The van der Waals surface area contributed by atoms with Crippen LogP contribution in [0, 0.1) is 0 Å². The summed E-state index contributed by atoms with van der Waals surface area (Å²) in [5.41, 5.74) is 2.24. The highest BCUT2D eigenvalue weighted by Crippen LogP contribution is 2.39. The first-order valence-electron chi connectivity index (χ1n) is 8.63. The van der Waals surface area contributed by atoms with Crippen molar-refractivity contribution in [2.24, 2.45) is 0 Å². The third-order valence-corrected chi connectivity index (χ3v) is 8.49. The molecule has 0 unspecified atom stereocenters. The molecule has 0 spiro atoms. The molecule has 0 aliphatic carbocycles. The Bertz CT molecular complexity index is 1070. The number of carbonyl (C=O) groups is 1. The number of amides is 1. The average Bonchev–Trinajstić information content (AvgIpc) is 3.31. The summed E-state index contributed by atoms with van der Waals surface area (Å²) in [5.74, 6) is -0.247. The van der Waals surface area contributed by atoms with Crippen LogP contribution in [0.3, 0.4) is 0 Å². The highest BCUT2D eigenvalue weighted by Gasteiger charge is 2.38. The van der Waals surface area contributed by atoms with E-state index in [1.807, 2.05) is 30.3 Å². The minimum absolute atomic E-state index is 0.247. The standard InChI is InChI=1S/C19H19N3O3S2/c1-13-9-17(16-7-8-26-19(16)27(13,24)25)21-18(23)15-10-20-22(12-15)11-14-5-3-2-4-6-14/h2-8,10,12-13,17H,9,11H2,1H3,(H,21,23)/t13-,17-/m0/s1. The van der Waals surface area contributed by atoms with Crippen molar-refractivity contribution in [3.63, 3.8) is 0 Å². The number of hydrogen-bond donors (Lipinski definition) is 1. The van der Waals surface area contributed by atoms with E-state index in [0.717, 1.165) is 5.56 Å². The minimum atomic E-state index is -3.29. The van der Waals surface area contributed by atoms with Crippen molar-refractivity contribution in [1.29, 1.82) is 0 Å². The van der Waals surface area contributed by atoms with Crippen molar-refractivity contribution in [3.8, 4) is 0 Å². The molecule has 4 rings (SSSR count). The maximum absolute atomic E-state index is 12.7. The predicted molar refractivity (Wildman–Crippen MR) is 104 cm³/mol. The zero-order valence-electron chi connectivity index (χ0n) is 14.7. The molecule has 8 heteroatoms. The highest BCUT2D eigenvalue weighted by molar-refractivity contribution is 7.94. The van der Waals surface area contributed by atoms with Gasteiger partial charge in [-0.1, -0.05) is 30.3 Å². The lowest BCUT2D eigenvalue weighted by Gasteiger charge is -2.27. The van der Waals surface area contributed by atoms with Gasteiger partial charge in [0.1, 0.15) is 4.21 Å². The minimum Gasteiger partial charge on any atom is -0.345 e. The third-order valence-electron chi connectivity index (χ3n) is 4.78. The van der Waals surface area contributed by atoms with Crippen molar-refractivity contribution < 1.29 is 13.2 Å². The summed E-state index contributed by atoms with van der Waals surface area (Å²) in [6.45, 7) is 2.27. The Hall–Kier alpha value is -2.45. The Morgan fingerprint density at radius 1 is 1.30 bits per heavy atom. The van der Waals surface area contributed by atoms with Gasteiger partial charge in [-0.25, -0.2) is 8.42 Å². The van der Waals surface area contributed by atoms with Crippen LogP contribution >= 0.6 is 11.3 Å². The molecule has 1 aromatic carbocycles. The molecule has 1 aliphatic rings. The zero-order chi connectivity index (χ0) is 19.0. The van der Waals surface area contributed by atoms with Gasteiger partial charge in [-0.05, 0) is 30.4 Å². The summed E-state index contributed by atoms with van der Waals surface area (Å²) >= 11 is 1.21. The molecule has 3 aromatic rings. The van der Waals surface area contributed by atoms with E-state index in [9.17, 15) is 13.2 Å². The van der Waals surface area contributed by atoms with Crippen LogP contribution < -0.4 is 5.32 Å². The van der Waals surface area contributed by atoms with Crippen molar-refractivity contribution in [1.82, 2.24) is 15.1 Å². The summed E-state index contributed by atoms with van der Waals surface area (Å²) in [5, 5.41) is 8.48. The van der Waals surface area contributed by atoms with Crippen LogP contribution in [0.4, 0.5) is 0 Å². The number of carbonyl (C=O) groups excluding carboxylic acids is 1. The van der Waals surface area contributed by atoms with Gasteiger partial charge < -0.3 is 5.32 Å². The van der Waals surface area contributed by atoms with Gasteiger partial charge in [0, 0.05) is 11.8 Å². The number of nitrogens with one attached hydrogen (secondary N) is 1. The molecule has 2 aromatic heterocycles. The average molecular weight is 402 g/mol. The smallest absolute Gasteiger partial charge is 0.254 e. The first-order valence-corrected chi connectivity index (χ1v) is 11.1. The number of sulfone groups is 1. The molecule has 6 nitrogen and oxygen atoms in total. The molecule has 0 bridgehead atoms. The SMILES string of the molecule is C[C@H]1C[C@H](NC(=O)c2cnn(Cc3ccccc3)c2)c2ccsc2S1(=O)=O. The zero-order valence-corrected chi connectivity index (χ0v) is 16.3. The molecule has 0 saturated carbocycles. The number of thiophene rings is 1. The van der Waals surface area contributed by atoms with Crippen LogP contribution in [0.5, 0.6) is 0 Å². The lowest BCUT2D eigenvalue weighted by Crippen LogP contribution is -2.36. The van der Waals surface area contributed by atoms with Crippen molar-refractivity contribution in [2.45, 2.75) is 35.4 Å². The van der Waals surface area contributed by atoms with Gasteiger partial charge in [0.05, 0.1) is 29.6 Å². The Morgan fingerprint density at radius 3 is 2.85 bits per heavy atom. The second-order valence-corrected chi connectivity index (χ2v) is 10.2. The topological polar surface area (TPSA) is 81.1 Å². The lowest BCUT2D eigenvalue weighted by molar-refractivity contribution is 0.0933. The summed E-state index contributed by atoms with van der Waals surface area (Å²) in [6, 6.07) is 11.4. The fourth-order valence-corrected chi connectivity index (χ4v) is 6.51. The van der Waals surface area contributed by atoms with Crippen LogP contribution in [0.15, 0.2) is 58.4 Å². The fraction of sp³-hybridized carbons (Fsp3) is 0.263. The van der Waals surface area contributed by atoms with Crippen molar-refractivity contribution >= 4 is 27.1 Å². The van der Waals surface area contributed by atoms with Gasteiger partial charge in [-0.15, -0.1) is 11.3 Å². The fourth-order valence-electron chi connectivity index (χ4n) is 3.28. The molecule has 1 amide bonds. The molecule has 27 heavy (non-hydrogen) atoms. The molecule has 2 atom stereocenters. The Balaban J connectivity index is 1.50. The van der Waals surface area contributed by atoms with Gasteiger partial charge in [-0.3, -0.25) is 9.48 Å². The summed E-state index contributed by atoms with van der Waals surface area (Å²) in [6.07, 6.45) is 3.62. The summed E-state index contributed by atoms with van der Waals surface area (Å²) in [4.78, 5) is 12.7. The van der Waals surface area contributed by atoms with E-state index < -0.39 is 15.1 Å². The molecular weight excluding hydrogens is 382 g/mol. The van der Waals surface area contributed by atoms with E-state index >= 15 is 0 Å². The maximum Gasteiger partial charge on any atom is 0.254 e. The summed E-state index contributed by atoms with van der Waals surface area (Å²) < 4.78 is 26.9. The van der Waals surface area contributed by atoms with E-state index in [0.29, 0.717) is 28.3 Å². The third kappa shape index (κ3) is 3.42. The normalized spacial score (nSPS) is 20.8. The van der Waals surface area contributed by atoms with Crippen LogP contribution in [-0.4, -0.2) is 29.4 Å². The quantitative estimate of drug-likeness (QED) is 0.729. The maximum atomic E-state index is 12.7. The van der Waals surface area contributed by atoms with E-state index in [1.165, 1.54) is 17.5 Å². The Kier molecular flexibility index (Phi) is 4.61. The van der Waals surface area contributed by atoms with Gasteiger partial charge >= 0.3 is 0 Å². The van der Waals surface area contributed by atoms with Gasteiger partial charge in [0.25, 0.3) is 5.91 Å². The van der Waals surface area contributed by atoms with Crippen LogP contribution in [0.25, 0.3) is 0 Å². The second-order valence-electron chi connectivity index (χ2n) is 6.69. The Morgan fingerprint density at radius 2 is 2.07 bits per heavy atom. The van der Waals surface area contributed by atoms with Crippen molar-refractivity contribution in [3.05, 3.63) is 70.9 Å². The molecule has 1 aliphatic heterocycles. The molecule has 0 fully saturated rings. The number of nitrogens with zero attached hydrogens (tertiary/aromatic N) is 2.